The number of benzene rings is 1. The lowest BCUT2D eigenvalue weighted by Gasteiger charge is -2.28. The molecule has 3 aromatic rings. The molecule has 1 atom stereocenters. The number of aldehydes is 1. The van der Waals surface area contributed by atoms with Crippen molar-refractivity contribution in [2.75, 3.05) is 25.7 Å². The molecule has 12 nitrogen and oxygen atoms in total. The molecule has 0 aliphatic rings. The number of carbonyl (C=O) groups is 1. The molecule has 0 bridgehead atoms. The quantitative estimate of drug-likeness (QED) is 0.259. The van der Waals surface area contributed by atoms with Crippen molar-refractivity contribution < 1.29 is 23.4 Å². The molecule has 35 heavy (non-hydrogen) atoms. The molecule has 192 valence electrons. The summed E-state index contributed by atoms with van der Waals surface area (Å²) in [6.45, 7) is 7.44. The molecule has 2 heterocycles. The van der Waals surface area contributed by atoms with Crippen molar-refractivity contribution in [3.8, 4) is 5.75 Å². The van der Waals surface area contributed by atoms with Crippen LogP contribution in [-0.2, 0) is 25.3 Å². The summed E-state index contributed by atoms with van der Waals surface area (Å²) in [5.74, 6) is 0.369. The van der Waals surface area contributed by atoms with E-state index in [1.165, 1.54) is 6.20 Å². The van der Waals surface area contributed by atoms with Crippen LogP contribution in [0.5, 0.6) is 5.75 Å². The molecule has 3 rings (SSSR count). The van der Waals surface area contributed by atoms with E-state index in [4.69, 9.17) is 19.7 Å². The number of aromatic amines is 1. The van der Waals surface area contributed by atoms with Gasteiger partial charge in [0.25, 0.3) is 0 Å². The first-order valence-corrected chi connectivity index (χ1v) is 12.7. The maximum absolute atomic E-state index is 13.2. The number of H-pyrrole nitrogens is 1. The van der Waals surface area contributed by atoms with E-state index >= 15 is 0 Å². The van der Waals surface area contributed by atoms with Crippen LogP contribution < -0.4 is 21.0 Å². The number of anilines is 1. The minimum Gasteiger partial charge on any atom is -0.431 e. The van der Waals surface area contributed by atoms with Crippen LogP contribution in [0.25, 0.3) is 5.65 Å². The Morgan fingerprint density at radius 3 is 2.54 bits per heavy atom. The Morgan fingerprint density at radius 2 is 1.94 bits per heavy atom. The van der Waals surface area contributed by atoms with Crippen molar-refractivity contribution in [3.63, 3.8) is 0 Å². The Labute approximate surface area is 203 Å². The van der Waals surface area contributed by atoms with Crippen LogP contribution >= 0.6 is 7.52 Å². The predicted octanol–water partition coefficient (Wildman–Crippen LogP) is 2.40. The van der Waals surface area contributed by atoms with Gasteiger partial charge in [-0.3, -0.25) is 9.55 Å². The van der Waals surface area contributed by atoms with Crippen molar-refractivity contribution in [2.24, 2.45) is 0 Å². The first-order valence-electron chi connectivity index (χ1n) is 10.9. The number of carbonyl (C=O) groups excluding carboxylic acids is 1. The summed E-state index contributed by atoms with van der Waals surface area (Å²) in [5, 5.41) is 6.64. The van der Waals surface area contributed by atoms with Crippen LogP contribution in [0.15, 0.2) is 41.3 Å². The summed E-state index contributed by atoms with van der Waals surface area (Å²) < 4.78 is 30.5. The van der Waals surface area contributed by atoms with Crippen molar-refractivity contribution in [1.82, 2.24) is 24.7 Å². The van der Waals surface area contributed by atoms with Gasteiger partial charge in [0.05, 0.1) is 24.4 Å². The third-order valence-corrected chi connectivity index (χ3v) is 6.23. The normalized spacial score (nSPS) is 13.2. The summed E-state index contributed by atoms with van der Waals surface area (Å²) in [7, 11) is -1.82. The van der Waals surface area contributed by atoms with Gasteiger partial charge in [-0.05, 0) is 39.8 Å². The van der Waals surface area contributed by atoms with Gasteiger partial charge >= 0.3 is 13.2 Å². The van der Waals surface area contributed by atoms with E-state index in [9.17, 15) is 14.2 Å². The smallest absolute Gasteiger partial charge is 0.350 e. The largest absolute Gasteiger partial charge is 0.431 e. The van der Waals surface area contributed by atoms with E-state index in [-0.39, 0.29) is 18.8 Å². The fourth-order valence-corrected chi connectivity index (χ4v) is 4.32. The summed E-state index contributed by atoms with van der Waals surface area (Å²) in [6, 6.07) is 8.61. The topological polar surface area (TPSA) is 163 Å². The van der Waals surface area contributed by atoms with Gasteiger partial charge in [0.2, 0.25) is 5.95 Å². The van der Waals surface area contributed by atoms with Gasteiger partial charge in [0.1, 0.15) is 18.4 Å². The summed E-state index contributed by atoms with van der Waals surface area (Å²) >= 11 is 0. The average Bonchev–Trinajstić information content (AvgIpc) is 3.20. The van der Waals surface area contributed by atoms with Gasteiger partial charge in [-0.15, -0.1) is 0 Å². The number of fused-ring (bicyclic) bond motifs is 1. The summed E-state index contributed by atoms with van der Waals surface area (Å²) in [6.07, 6.45) is 2.52. The lowest BCUT2D eigenvalue weighted by molar-refractivity contribution is -0.106. The SMILES string of the molecule is CC(C)(Cc1cnn2c(=O)[nH]c(N)nc12)OCP(=O)(NCC=O)Oc1ccccc1.COC(C)C. The second kappa shape index (κ2) is 12.6. The molecule has 0 radical (unpaired) electrons. The van der Waals surface area contributed by atoms with E-state index in [0.717, 1.165) is 4.52 Å². The fraction of sp³-hybridized carbons (Fsp3) is 0.455. The van der Waals surface area contributed by atoms with Crippen LogP contribution in [0, 0.1) is 0 Å². The second-order valence-corrected chi connectivity index (χ2v) is 10.5. The van der Waals surface area contributed by atoms with E-state index < -0.39 is 18.8 Å². The third kappa shape index (κ3) is 8.91. The number of ether oxygens (including phenoxy) is 2. The highest BCUT2D eigenvalue weighted by Gasteiger charge is 2.30. The Hall–Kier alpha value is -3.05. The number of hydrogen-bond donors (Lipinski definition) is 3. The van der Waals surface area contributed by atoms with Crippen LogP contribution in [0.2, 0.25) is 0 Å². The first-order chi connectivity index (χ1) is 16.5. The van der Waals surface area contributed by atoms with Gasteiger partial charge in [-0.2, -0.15) is 14.6 Å². The number of nitrogens with one attached hydrogen (secondary N) is 2. The molecule has 0 fully saturated rings. The molecule has 0 amide bonds. The van der Waals surface area contributed by atoms with E-state index in [0.29, 0.717) is 35.8 Å². The number of nitrogens with zero attached hydrogens (tertiary/aromatic N) is 3. The minimum absolute atomic E-state index is 0.0215. The number of hydrogen-bond acceptors (Lipinski definition) is 9. The number of nitrogen functional groups attached to an aromatic ring is 1. The fourth-order valence-electron chi connectivity index (χ4n) is 2.77. The van der Waals surface area contributed by atoms with E-state index in [2.05, 4.69) is 20.2 Å². The highest BCUT2D eigenvalue weighted by molar-refractivity contribution is 7.57. The minimum atomic E-state index is -3.52. The number of nitrogens with two attached hydrogens (primary N) is 1. The van der Waals surface area contributed by atoms with E-state index in [1.807, 2.05) is 13.8 Å². The van der Waals surface area contributed by atoms with Crippen molar-refractivity contribution in [3.05, 3.63) is 52.6 Å². The van der Waals surface area contributed by atoms with E-state index in [1.54, 1.807) is 51.3 Å². The van der Waals surface area contributed by atoms with Crippen LogP contribution in [0.4, 0.5) is 5.95 Å². The Morgan fingerprint density at radius 1 is 1.29 bits per heavy atom. The molecular weight excluding hydrogens is 475 g/mol. The van der Waals surface area contributed by atoms with Gasteiger partial charge < -0.3 is 24.5 Å². The zero-order chi connectivity index (χ0) is 26.1. The molecule has 0 aliphatic heterocycles. The zero-order valence-corrected chi connectivity index (χ0v) is 21.5. The number of aromatic nitrogens is 4. The Kier molecular flexibility index (Phi) is 10.1. The molecule has 2 aromatic heterocycles. The lowest BCUT2D eigenvalue weighted by Crippen LogP contribution is -2.31. The zero-order valence-electron chi connectivity index (χ0n) is 20.6. The highest BCUT2D eigenvalue weighted by Crippen LogP contribution is 2.43. The average molecular weight is 509 g/mol. The number of para-hydroxylation sites is 1. The van der Waals surface area contributed by atoms with Crippen molar-refractivity contribution >= 4 is 25.4 Å². The van der Waals surface area contributed by atoms with Gasteiger partial charge in [0, 0.05) is 19.1 Å². The standard InChI is InChI=1S/C18H23N6O5P.C4H10O/c1-18(2,10-13-11-20-24-15(13)22-16(19)23-17(24)26)28-12-30(27,21-8-9-25)29-14-6-4-3-5-7-14;1-4(2)5-3/h3-7,9,11H,8,10,12H2,1-2H3,(H,21,27)(H3,19,22,23,26);4H,1-3H3. The Balaban J connectivity index is 0.000000784. The van der Waals surface area contributed by atoms with Gasteiger partial charge in [-0.1, -0.05) is 18.2 Å². The maximum Gasteiger partial charge on any atom is 0.350 e. The monoisotopic (exact) mass is 508 g/mol. The van der Waals surface area contributed by atoms with Crippen LogP contribution in [0.1, 0.15) is 33.3 Å². The van der Waals surface area contributed by atoms with Crippen molar-refractivity contribution in [2.45, 2.75) is 45.8 Å². The second-order valence-electron chi connectivity index (χ2n) is 8.43. The molecule has 4 N–H and O–H groups in total. The third-order valence-electron chi connectivity index (χ3n) is 4.60. The Bertz CT molecular complexity index is 1190. The van der Waals surface area contributed by atoms with Gasteiger partial charge in [0.15, 0.2) is 5.65 Å². The molecule has 13 heteroatoms. The van der Waals surface area contributed by atoms with Crippen molar-refractivity contribution in [1.29, 1.82) is 0 Å². The molecule has 0 saturated heterocycles. The lowest BCUT2D eigenvalue weighted by atomic mass is 10.0. The molecule has 0 saturated carbocycles. The summed E-state index contributed by atoms with van der Waals surface area (Å²) in [4.78, 5) is 29.2. The maximum atomic E-state index is 13.2. The highest BCUT2D eigenvalue weighted by atomic mass is 31.2. The van der Waals surface area contributed by atoms with Crippen LogP contribution in [0.3, 0.4) is 0 Å². The molecular formula is C22H33N6O6P. The summed E-state index contributed by atoms with van der Waals surface area (Å²) in [5.41, 5.74) is 5.26. The number of rotatable bonds is 11. The van der Waals surface area contributed by atoms with Crippen LogP contribution in [-0.4, -0.2) is 57.6 Å². The molecule has 1 unspecified atom stereocenters. The first kappa shape index (κ1) is 28.2. The predicted molar refractivity (Wildman–Crippen MR) is 133 cm³/mol. The van der Waals surface area contributed by atoms with Gasteiger partial charge in [-0.25, -0.2) is 9.88 Å². The molecule has 0 aliphatic carbocycles. The molecule has 1 aromatic carbocycles. The number of methoxy groups -OCH3 is 1. The molecule has 0 spiro atoms.